The van der Waals surface area contributed by atoms with Crippen molar-refractivity contribution in [2.45, 2.75) is 13.8 Å². The predicted octanol–water partition coefficient (Wildman–Crippen LogP) is 3.71. The van der Waals surface area contributed by atoms with Crippen molar-refractivity contribution >= 4 is 5.97 Å². The van der Waals surface area contributed by atoms with Crippen molar-refractivity contribution in [3.05, 3.63) is 53.8 Å². The lowest BCUT2D eigenvalue weighted by Crippen LogP contribution is -2.06. The largest absolute Gasteiger partial charge is 0.462 e. The fourth-order valence-corrected chi connectivity index (χ4v) is 1.71. The van der Waals surface area contributed by atoms with E-state index >= 15 is 0 Å². The van der Waals surface area contributed by atoms with Crippen LogP contribution < -0.4 is 0 Å². The first-order valence-corrected chi connectivity index (χ1v) is 5.88. The molecule has 0 bridgehead atoms. The third kappa shape index (κ3) is 2.56. The lowest BCUT2D eigenvalue weighted by Gasteiger charge is -1.99. The fraction of sp³-hybridized carbons (Fsp3) is 0.200. The molecule has 0 aliphatic rings. The van der Waals surface area contributed by atoms with Crippen LogP contribution in [0, 0.1) is 6.92 Å². The molecule has 0 N–H and O–H groups in total. The topological polar surface area (TPSA) is 37.6 Å². The number of benzene rings is 1. The number of hydrogen-bond donors (Lipinski definition) is 0. The molecule has 0 amide bonds. The van der Waals surface area contributed by atoms with Crippen LogP contribution in [0.3, 0.4) is 0 Å². The summed E-state index contributed by atoms with van der Waals surface area (Å²) in [6, 6.07) is 13.3. The molecular weight excluding hydrogens is 228 g/mol. The summed E-state index contributed by atoms with van der Waals surface area (Å²) in [5.41, 5.74) is 1.45. The minimum Gasteiger partial charge on any atom is -0.462 e. The molecule has 2 rings (SSSR count). The van der Waals surface area contributed by atoms with Gasteiger partial charge in [-0.05, 0) is 25.1 Å². The normalized spacial score (nSPS) is 10.1. The first-order chi connectivity index (χ1) is 8.72. The van der Waals surface area contributed by atoms with Crippen LogP contribution in [-0.4, -0.2) is 12.6 Å². The highest BCUT2D eigenvalue weighted by molar-refractivity contribution is 5.90. The number of rotatable bonds is 3. The second-order valence-electron chi connectivity index (χ2n) is 3.86. The monoisotopic (exact) mass is 243 g/mol. The molecule has 1 aromatic carbocycles. The van der Waals surface area contributed by atoms with E-state index in [1.807, 2.05) is 30.3 Å². The molecule has 0 saturated heterocycles. The smallest absolute Gasteiger partial charge is 0.360 e. The third-order valence-electron chi connectivity index (χ3n) is 2.60. The van der Waals surface area contributed by atoms with Gasteiger partial charge in [0, 0.05) is 6.07 Å². The van der Waals surface area contributed by atoms with Crippen LogP contribution in [0.5, 0.6) is 0 Å². The average molecular weight is 243 g/mol. The molecule has 0 fully saturated rings. The van der Waals surface area contributed by atoms with E-state index in [0.29, 0.717) is 17.9 Å². The molecule has 3 heteroatoms. The Labute approximate surface area is 106 Å². The Morgan fingerprint density at radius 2 is 1.89 bits per heavy atom. The molecule has 2 aromatic rings. The quantitative estimate of drug-likeness (QED) is 0.609. The molecule has 0 aliphatic heterocycles. The van der Waals surface area contributed by atoms with Crippen molar-refractivity contribution in [3.8, 4) is 11.3 Å². The number of carbonyl (C=O) groups is 1. The molecule has 3 nitrogen and oxygen atoms in total. The Hall–Kier alpha value is -2.16. The van der Waals surface area contributed by atoms with Crippen LogP contribution in [0.15, 0.2) is 46.9 Å². The zero-order chi connectivity index (χ0) is 13.0. The van der Waals surface area contributed by atoms with Gasteiger partial charge in [-0.15, -0.1) is 0 Å². The minimum atomic E-state index is -0.349. The van der Waals surface area contributed by atoms with Crippen LogP contribution in [0.1, 0.15) is 23.0 Å². The summed E-state index contributed by atoms with van der Waals surface area (Å²) in [6.07, 6.45) is 0. The number of esters is 1. The molecule has 0 aliphatic carbocycles. The van der Waals surface area contributed by atoms with Crippen LogP contribution in [0.2, 0.25) is 0 Å². The van der Waals surface area contributed by atoms with E-state index < -0.39 is 0 Å². The maximum absolute atomic E-state index is 11.6. The highest BCUT2D eigenvalue weighted by atomic mass is 16.5. The van der Waals surface area contributed by atoms with E-state index in [2.05, 4.69) is 0 Å². The van der Waals surface area contributed by atoms with E-state index in [1.165, 1.54) is 0 Å². The summed E-state index contributed by atoms with van der Waals surface area (Å²) < 4.78 is 10.6. The van der Waals surface area contributed by atoms with Crippen molar-refractivity contribution in [2.75, 3.05) is 6.61 Å². The number of hydrogen-bond acceptors (Lipinski definition) is 2. The van der Waals surface area contributed by atoms with Crippen molar-refractivity contribution < 1.29 is 13.9 Å². The van der Waals surface area contributed by atoms with E-state index in [1.54, 1.807) is 26.0 Å². The summed E-state index contributed by atoms with van der Waals surface area (Å²) in [7, 11) is 0. The third-order valence-corrected chi connectivity index (χ3v) is 2.60. The average Bonchev–Trinajstić information content (AvgIpc) is 2.40. The van der Waals surface area contributed by atoms with Crippen molar-refractivity contribution in [3.63, 3.8) is 0 Å². The van der Waals surface area contributed by atoms with Gasteiger partial charge in [-0.25, -0.2) is 9.21 Å². The zero-order valence-electron chi connectivity index (χ0n) is 10.5. The van der Waals surface area contributed by atoms with Crippen LogP contribution in [0.4, 0.5) is 0 Å². The molecule has 0 spiro atoms. The Kier molecular flexibility index (Phi) is 3.72. The molecule has 0 atom stereocenters. The molecule has 0 unspecified atom stereocenters. The minimum absolute atomic E-state index is 0.349. The summed E-state index contributed by atoms with van der Waals surface area (Å²) in [6.45, 7) is 3.90. The molecule has 0 radical (unpaired) electrons. The summed E-state index contributed by atoms with van der Waals surface area (Å²) in [5, 5.41) is 0. The van der Waals surface area contributed by atoms with Gasteiger partial charge in [0.15, 0.2) is 5.56 Å². The Balaban J connectivity index is 2.34. The van der Waals surface area contributed by atoms with E-state index in [9.17, 15) is 4.79 Å². The van der Waals surface area contributed by atoms with Crippen molar-refractivity contribution in [1.82, 2.24) is 0 Å². The Bertz CT molecular complexity index is 547. The molecular formula is C15H15O3+. The predicted molar refractivity (Wildman–Crippen MR) is 69.2 cm³/mol. The van der Waals surface area contributed by atoms with E-state index in [-0.39, 0.29) is 5.97 Å². The van der Waals surface area contributed by atoms with Gasteiger partial charge in [0.1, 0.15) is 0 Å². The van der Waals surface area contributed by atoms with Crippen LogP contribution >= 0.6 is 0 Å². The zero-order valence-corrected chi connectivity index (χ0v) is 10.5. The maximum atomic E-state index is 11.6. The molecule has 92 valence electrons. The van der Waals surface area contributed by atoms with Crippen LogP contribution in [0.25, 0.3) is 11.3 Å². The maximum Gasteiger partial charge on any atom is 0.360 e. The second kappa shape index (κ2) is 5.45. The van der Waals surface area contributed by atoms with Gasteiger partial charge < -0.3 is 4.74 Å². The first kappa shape index (κ1) is 12.3. The van der Waals surface area contributed by atoms with Crippen molar-refractivity contribution in [2.24, 2.45) is 0 Å². The number of aryl methyl sites for hydroxylation is 1. The number of ether oxygens (including phenoxy) is 1. The summed E-state index contributed by atoms with van der Waals surface area (Å²) >= 11 is 0. The van der Waals surface area contributed by atoms with E-state index in [0.717, 1.165) is 11.3 Å². The number of carbonyl (C=O) groups excluding carboxylic acids is 1. The lowest BCUT2D eigenvalue weighted by molar-refractivity contribution is 0.0522. The Morgan fingerprint density at radius 1 is 1.17 bits per heavy atom. The van der Waals surface area contributed by atoms with Gasteiger partial charge >= 0.3 is 17.5 Å². The van der Waals surface area contributed by atoms with Gasteiger partial charge in [-0.1, -0.05) is 18.2 Å². The van der Waals surface area contributed by atoms with Gasteiger partial charge in [0.2, 0.25) is 0 Å². The highest BCUT2D eigenvalue weighted by Crippen LogP contribution is 2.22. The highest BCUT2D eigenvalue weighted by Gasteiger charge is 2.21. The van der Waals surface area contributed by atoms with Gasteiger partial charge in [-0.3, -0.25) is 0 Å². The van der Waals surface area contributed by atoms with Gasteiger partial charge in [-0.2, -0.15) is 0 Å². The van der Waals surface area contributed by atoms with Crippen LogP contribution in [-0.2, 0) is 4.74 Å². The second-order valence-corrected chi connectivity index (χ2v) is 3.86. The summed E-state index contributed by atoms with van der Waals surface area (Å²) in [4.78, 5) is 11.6. The molecule has 1 aromatic heterocycles. The SMILES string of the molecule is CCOC(=O)c1ccc(-c2ccccc2)[o+]c1C. The first-order valence-electron chi connectivity index (χ1n) is 5.88. The van der Waals surface area contributed by atoms with E-state index in [4.69, 9.17) is 9.15 Å². The molecule has 0 saturated carbocycles. The lowest BCUT2D eigenvalue weighted by atomic mass is 10.1. The van der Waals surface area contributed by atoms with Crippen molar-refractivity contribution in [1.29, 1.82) is 0 Å². The fourth-order valence-electron chi connectivity index (χ4n) is 1.71. The van der Waals surface area contributed by atoms with Gasteiger partial charge in [0.05, 0.1) is 19.1 Å². The summed E-state index contributed by atoms with van der Waals surface area (Å²) in [5.74, 6) is 0.953. The Morgan fingerprint density at radius 3 is 2.50 bits per heavy atom. The standard InChI is InChI=1S/C15H15O3/c1-3-17-15(16)13-9-10-14(18-11(13)2)12-7-5-4-6-8-12/h4-10H,3H2,1-2H3/q+1. The molecule has 1 heterocycles. The van der Waals surface area contributed by atoms with Gasteiger partial charge in [0.25, 0.3) is 0 Å². The molecule has 18 heavy (non-hydrogen) atoms.